The Hall–Kier alpha value is -1.30. The average Bonchev–Trinajstić information content (AvgIpc) is 2.89. The van der Waals surface area contributed by atoms with Crippen LogP contribution in [0.25, 0.3) is 0 Å². The van der Waals surface area contributed by atoms with Crippen molar-refractivity contribution >= 4 is 5.69 Å². The van der Waals surface area contributed by atoms with Crippen LogP contribution in [0.2, 0.25) is 0 Å². The van der Waals surface area contributed by atoms with Crippen molar-refractivity contribution in [2.24, 2.45) is 0 Å². The lowest BCUT2D eigenvalue weighted by Crippen LogP contribution is -2.42. The van der Waals surface area contributed by atoms with E-state index in [2.05, 4.69) is 5.32 Å². The number of hydrogen-bond donors (Lipinski definition) is 1. The Kier molecular flexibility index (Phi) is 3.82. The summed E-state index contributed by atoms with van der Waals surface area (Å²) in [4.78, 5) is 0. The summed E-state index contributed by atoms with van der Waals surface area (Å²) in [5, 5.41) is 2.64. The van der Waals surface area contributed by atoms with Crippen molar-refractivity contribution in [2.75, 3.05) is 11.9 Å². The lowest BCUT2D eigenvalue weighted by atomic mass is 9.89. The van der Waals surface area contributed by atoms with Crippen LogP contribution in [-0.2, 0) is 4.74 Å². The molecule has 1 spiro atoms. The summed E-state index contributed by atoms with van der Waals surface area (Å²) >= 11 is 0. The van der Waals surface area contributed by atoms with Crippen molar-refractivity contribution in [2.45, 2.75) is 50.2 Å². The number of nitrogens with one attached hydrogen (secondary N) is 1. The number of rotatable bonds is 2. The molecule has 21 heavy (non-hydrogen) atoms. The number of hydrogen-bond acceptors (Lipinski definition) is 2. The molecule has 1 unspecified atom stereocenters. The molecular weight excluding hydrogens is 286 g/mol. The van der Waals surface area contributed by atoms with Crippen LogP contribution in [0.15, 0.2) is 6.07 Å². The highest BCUT2D eigenvalue weighted by molar-refractivity contribution is 5.48. The monoisotopic (exact) mass is 303 g/mol. The van der Waals surface area contributed by atoms with E-state index in [-0.39, 0.29) is 17.7 Å². The molecule has 0 radical (unpaired) electrons. The molecule has 6 heteroatoms. The Morgan fingerprint density at radius 1 is 1.05 bits per heavy atom. The van der Waals surface area contributed by atoms with Crippen molar-refractivity contribution in [3.05, 3.63) is 29.3 Å². The summed E-state index contributed by atoms with van der Waals surface area (Å²) in [6.45, 7) is 0.485. The van der Waals surface area contributed by atoms with E-state index in [0.717, 1.165) is 25.7 Å². The summed E-state index contributed by atoms with van der Waals surface area (Å²) in [7, 11) is 0. The predicted molar refractivity (Wildman–Crippen MR) is 70.1 cm³/mol. The van der Waals surface area contributed by atoms with Gasteiger partial charge in [-0.15, -0.1) is 0 Å². The first-order valence-electron chi connectivity index (χ1n) is 7.24. The van der Waals surface area contributed by atoms with Crippen molar-refractivity contribution in [3.8, 4) is 0 Å². The Morgan fingerprint density at radius 3 is 2.29 bits per heavy atom. The van der Waals surface area contributed by atoms with E-state index in [9.17, 15) is 17.6 Å². The second kappa shape index (κ2) is 5.48. The van der Waals surface area contributed by atoms with E-state index in [1.807, 2.05) is 0 Å². The molecule has 1 atom stereocenters. The van der Waals surface area contributed by atoms with E-state index in [4.69, 9.17) is 4.74 Å². The molecule has 1 aromatic rings. The summed E-state index contributed by atoms with van der Waals surface area (Å²) in [6, 6.07) is -0.0276. The normalized spacial score (nSPS) is 24.5. The number of benzene rings is 1. The standard InChI is InChI=1S/C15H17F4NO/c16-10-7-11(17)13(19)14(12(10)18)20-9-3-6-21-15(8-9)4-1-2-5-15/h7,9,20H,1-6,8H2. The Morgan fingerprint density at radius 2 is 1.67 bits per heavy atom. The minimum Gasteiger partial charge on any atom is -0.377 e. The molecule has 1 aromatic carbocycles. The van der Waals surface area contributed by atoms with Crippen LogP contribution in [0.4, 0.5) is 23.2 Å². The highest BCUT2D eigenvalue weighted by Gasteiger charge is 2.40. The van der Waals surface area contributed by atoms with Crippen LogP contribution in [0.5, 0.6) is 0 Å². The van der Waals surface area contributed by atoms with Gasteiger partial charge in [-0.05, 0) is 25.7 Å². The molecule has 1 saturated carbocycles. The summed E-state index contributed by atoms with van der Waals surface area (Å²) in [5.74, 6) is -5.53. The second-order valence-corrected chi connectivity index (χ2v) is 5.92. The molecule has 2 aliphatic rings. The van der Waals surface area contributed by atoms with E-state index >= 15 is 0 Å². The maximum Gasteiger partial charge on any atom is 0.185 e. The fourth-order valence-corrected chi connectivity index (χ4v) is 3.42. The topological polar surface area (TPSA) is 21.3 Å². The fourth-order valence-electron chi connectivity index (χ4n) is 3.42. The second-order valence-electron chi connectivity index (χ2n) is 5.92. The lowest BCUT2D eigenvalue weighted by Gasteiger charge is -2.39. The van der Waals surface area contributed by atoms with E-state index in [1.165, 1.54) is 0 Å². The van der Waals surface area contributed by atoms with Crippen LogP contribution >= 0.6 is 0 Å². The first-order valence-corrected chi connectivity index (χ1v) is 7.24. The van der Waals surface area contributed by atoms with Gasteiger partial charge in [-0.1, -0.05) is 12.8 Å². The highest BCUT2D eigenvalue weighted by Crippen LogP contribution is 2.41. The SMILES string of the molecule is Fc1cc(F)c(F)c(NC2CCOC3(CCCC3)C2)c1F. The Labute approximate surface area is 120 Å². The van der Waals surface area contributed by atoms with Crippen LogP contribution in [-0.4, -0.2) is 18.2 Å². The highest BCUT2D eigenvalue weighted by atomic mass is 19.2. The molecule has 1 aliphatic carbocycles. The van der Waals surface area contributed by atoms with E-state index in [0.29, 0.717) is 19.4 Å². The van der Waals surface area contributed by atoms with Gasteiger partial charge in [0, 0.05) is 18.7 Å². The molecule has 2 nitrogen and oxygen atoms in total. The van der Waals surface area contributed by atoms with Gasteiger partial charge in [-0.2, -0.15) is 0 Å². The molecule has 1 aliphatic heterocycles. The number of ether oxygens (including phenoxy) is 1. The maximum absolute atomic E-state index is 13.7. The zero-order valence-electron chi connectivity index (χ0n) is 11.5. The van der Waals surface area contributed by atoms with Crippen LogP contribution in [0.1, 0.15) is 38.5 Å². The molecule has 1 heterocycles. The van der Waals surface area contributed by atoms with Gasteiger partial charge in [0.1, 0.15) is 5.69 Å². The van der Waals surface area contributed by atoms with Gasteiger partial charge < -0.3 is 10.1 Å². The maximum atomic E-state index is 13.7. The first-order chi connectivity index (χ1) is 10.0. The molecule has 0 amide bonds. The predicted octanol–water partition coefficient (Wildman–Crippen LogP) is 4.15. The van der Waals surface area contributed by atoms with Gasteiger partial charge in [0.15, 0.2) is 23.3 Å². The van der Waals surface area contributed by atoms with Gasteiger partial charge in [0.25, 0.3) is 0 Å². The molecule has 2 fully saturated rings. The zero-order chi connectivity index (χ0) is 15.0. The molecule has 3 rings (SSSR count). The smallest absolute Gasteiger partial charge is 0.185 e. The molecule has 1 saturated heterocycles. The molecule has 1 N–H and O–H groups in total. The van der Waals surface area contributed by atoms with Crippen molar-refractivity contribution in [3.63, 3.8) is 0 Å². The average molecular weight is 303 g/mol. The summed E-state index contributed by atoms with van der Waals surface area (Å²) in [5.41, 5.74) is -0.957. The van der Waals surface area contributed by atoms with Gasteiger partial charge in [-0.3, -0.25) is 0 Å². The molecule has 116 valence electrons. The molecule has 0 aromatic heterocycles. The third-order valence-corrected chi connectivity index (χ3v) is 4.47. The minimum atomic E-state index is -1.39. The molecular formula is C15H17F4NO. The van der Waals surface area contributed by atoms with Crippen molar-refractivity contribution in [1.29, 1.82) is 0 Å². The van der Waals surface area contributed by atoms with Gasteiger partial charge in [0.05, 0.1) is 5.60 Å². The number of halogens is 4. The summed E-state index contributed by atoms with van der Waals surface area (Å²) < 4.78 is 59.7. The number of anilines is 1. The summed E-state index contributed by atoms with van der Waals surface area (Å²) in [6.07, 6.45) is 5.15. The van der Waals surface area contributed by atoms with Crippen molar-refractivity contribution < 1.29 is 22.3 Å². The first kappa shape index (κ1) is 14.6. The van der Waals surface area contributed by atoms with Crippen LogP contribution in [0, 0.1) is 23.3 Å². The van der Waals surface area contributed by atoms with Crippen LogP contribution in [0.3, 0.4) is 0 Å². The molecule has 0 bridgehead atoms. The Bertz CT molecular complexity index is 517. The zero-order valence-corrected chi connectivity index (χ0v) is 11.5. The minimum absolute atomic E-state index is 0.221. The lowest BCUT2D eigenvalue weighted by molar-refractivity contribution is -0.0767. The van der Waals surface area contributed by atoms with Gasteiger partial charge in [0.2, 0.25) is 0 Å². The van der Waals surface area contributed by atoms with Crippen molar-refractivity contribution in [1.82, 2.24) is 0 Å². The largest absolute Gasteiger partial charge is 0.377 e. The van der Waals surface area contributed by atoms with Gasteiger partial charge >= 0.3 is 0 Å². The Balaban J connectivity index is 1.80. The van der Waals surface area contributed by atoms with Crippen LogP contribution < -0.4 is 5.32 Å². The third kappa shape index (κ3) is 2.73. The van der Waals surface area contributed by atoms with E-state index in [1.54, 1.807) is 0 Å². The third-order valence-electron chi connectivity index (χ3n) is 4.47. The quantitative estimate of drug-likeness (QED) is 0.655. The fraction of sp³-hybridized carbons (Fsp3) is 0.600. The van der Waals surface area contributed by atoms with Gasteiger partial charge in [-0.25, -0.2) is 17.6 Å². The van der Waals surface area contributed by atoms with E-state index < -0.39 is 29.0 Å².